The summed E-state index contributed by atoms with van der Waals surface area (Å²) in [4.78, 5) is 30.5. The largest absolute Gasteiger partial charge is 0.465 e. The van der Waals surface area contributed by atoms with Crippen molar-refractivity contribution in [3.63, 3.8) is 0 Å². The lowest BCUT2D eigenvalue weighted by molar-refractivity contribution is 0.0600. The minimum atomic E-state index is -0.383. The van der Waals surface area contributed by atoms with Crippen molar-refractivity contribution < 1.29 is 14.3 Å². The Balaban J connectivity index is 1.72. The molecule has 1 N–H and O–H groups in total. The molecule has 0 radical (unpaired) electrons. The van der Waals surface area contributed by atoms with Crippen LogP contribution in [-0.2, 0) is 4.74 Å². The van der Waals surface area contributed by atoms with Gasteiger partial charge >= 0.3 is 5.97 Å². The molecule has 3 aromatic rings. The van der Waals surface area contributed by atoms with E-state index in [1.165, 1.54) is 7.11 Å². The molecule has 0 aliphatic carbocycles. The van der Waals surface area contributed by atoms with E-state index in [2.05, 4.69) is 15.0 Å². The third-order valence-corrected chi connectivity index (χ3v) is 4.46. The molecule has 2 aromatic carbocycles. The lowest BCUT2D eigenvalue weighted by Gasteiger charge is -2.21. The van der Waals surface area contributed by atoms with E-state index < -0.39 is 0 Å². The smallest absolute Gasteiger partial charge is 0.337 e. The zero-order valence-corrected chi connectivity index (χ0v) is 16.7. The summed E-state index contributed by atoms with van der Waals surface area (Å²) in [7, 11) is 1.35. The Hall–Kier alpha value is -3.67. The Morgan fingerprint density at radius 1 is 1.03 bits per heavy atom. The second-order valence-electron chi connectivity index (χ2n) is 6.51. The maximum Gasteiger partial charge on any atom is 0.337 e. The fourth-order valence-corrected chi connectivity index (χ4v) is 2.94. The Labute approximate surface area is 170 Å². The van der Waals surface area contributed by atoms with Crippen molar-refractivity contribution in [1.29, 1.82) is 0 Å². The van der Waals surface area contributed by atoms with Crippen LogP contribution in [0, 0.1) is 6.92 Å². The van der Waals surface area contributed by atoms with Gasteiger partial charge in [0, 0.05) is 24.1 Å². The van der Waals surface area contributed by atoms with Crippen LogP contribution in [0.25, 0.3) is 0 Å². The van der Waals surface area contributed by atoms with Gasteiger partial charge in [0.15, 0.2) is 0 Å². The highest BCUT2D eigenvalue weighted by atomic mass is 16.5. The molecule has 6 nitrogen and oxygen atoms in total. The highest BCUT2D eigenvalue weighted by molar-refractivity contribution is 6.06. The van der Waals surface area contributed by atoms with Crippen LogP contribution in [-0.4, -0.2) is 30.5 Å². The molecule has 6 heteroatoms. The number of pyridine rings is 1. The van der Waals surface area contributed by atoms with Crippen LogP contribution in [0.4, 0.5) is 17.2 Å². The van der Waals surface area contributed by atoms with E-state index >= 15 is 0 Å². The van der Waals surface area contributed by atoms with E-state index in [0.717, 1.165) is 16.9 Å². The zero-order valence-electron chi connectivity index (χ0n) is 16.7. The number of hydrogen-bond donors (Lipinski definition) is 1. The van der Waals surface area contributed by atoms with E-state index in [-0.39, 0.29) is 11.9 Å². The number of methoxy groups -OCH3 is 1. The van der Waals surface area contributed by atoms with Gasteiger partial charge in [0.2, 0.25) is 0 Å². The van der Waals surface area contributed by atoms with E-state index in [4.69, 9.17) is 0 Å². The van der Waals surface area contributed by atoms with Gasteiger partial charge in [-0.05, 0) is 67.9 Å². The first-order valence-electron chi connectivity index (χ1n) is 9.32. The van der Waals surface area contributed by atoms with Gasteiger partial charge in [-0.25, -0.2) is 9.78 Å². The van der Waals surface area contributed by atoms with Crippen molar-refractivity contribution in [3.05, 3.63) is 83.6 Å². The molecule has 0 atom stereocenters. The summed E-state index contributed by atoms with van der Waals surface area (Å²) in [6, 6.07) is 18.2. The van der Waals surface area contributed by atoms with Crippen LogP contribution in [0.15, 0.2) is 66.9 Å². The average Bonchev–Trinajstić information content (AvgIpc) is 2.75. The van der Waals surface area contributed by atoms with Crippen molar-refractivity contribution in [2.24, 2.45) is 0 Å². The standard InChI is InChI=1S/C23H23N3O3/c1-4-26(20-7-5-6-16(2)14-20)22(27)18-10-13-21(24-15-18)25-19-11-8-17(9-12-19)23(28)29-3/h5-15H,4H2,1-3H3,(H,24,25). The molecular formula is C23H23N3O3. The van der Waals surface area contributed by atoms with Gasteiger partial charge in [-0.1, -0.05) is 12.1 Å². The molecule has 0 unspecified atom stereocenters. The Morgan fingerprint density at radius 3 is 2.34 bits per heavy atom. The number of nitrogens with one attached hydrogen (secondary N) is 1. The first-order chi connectivity index (χ1) is 14.0. The van der Waals surface area contributed by atoms with E-state index in [1.54, 1.807) is 47.5 Å². The molecule has 0 bridgehead atoms. The van der Waals surface area contributed by atoms with Gasteiger partial charge in [0.25, 0.3) is 5.91 Å². The van der Waals surface area contributed by atoms with E-state index in [0.29, 0.717) is 23.5 Å². The SMILES string of the molecule is CCN(C(=O)c1ccc(Nc2ccc(C(=O)OC)cc2)nc1)c1cccc(C)c1. The summed E-state index contributed by atoms with van der Waals surface area (Å²) in [6.07, 6.45) is 1.56. The number of carbonyl (C=O) groups is 2. The second kappa shape index (κ2) is 9.01. The normalized spacial score (nSPS) is 10.3. The fraction of sp³-hybridized carbons (Fsp3) is 0.174. The van der Waals surface area contributed by atoms with Crippen LogP contribution >= 0.6 is 0 Å². The van der Waals surface area contributed by atoms with Gasteiger partial charge in [-0.2, -0.15) is 0 Å². The summed E-state index contributed by atoms with van der Waals surface area (Å²) in [5.74, 6) is 0.122. The first-order valence-corrected chi connectivity index (χ1v) is 9.32. The minimum absolute atomic E-state index is 0.0976. The van der Waals surface area contributed by atoms with Crippen molar-refractivity contribution >= 4 is 29.1 Å². The van der Waals surface area contributed by atoms with E-state index in [1.807, 2.05) is 38.1 Å². The first kappa shape index (κ1) is 20.1. The molecule has 1 heterocycles. The number of hydrogen-bond acceptors (Lipinski definition) is 5. The van der Waals surface area contributed by atoms with Gasteiger partial charge in [-0.3, -0.25) is 4.79 Å². The third-order valence-electron chi connectivity index (χ3n) is 4.46. The van der Waals surface area contributed by atoms with Crippen molar-refractivity contribution in [2.45, 2.75) is 13.8 Å². The second-order valence-corrected chi connectivity index (χ2v) is 6.51. The number of aromatic nitrogens is 1. The summed E-state index contributed by atoms with van der Waals surface area (Å²) in [5, 5.41) is 3.15. The van der Waals surface area contributed by atoms with Crippen LogP contribution in [0.3, 0.4) is 0 Å². The van der Waals surface area contributed by atoms with Gasteiger partial charge in [0.05, 0.1) is 18.2 Å². The van der Waals surface area contributed by atoms with Crippen LogP contribution in [0.1, 0.15) is 33.2 Å². The zero-order chi connectivity index (χ0) is 20.8. The molecule has 1 aromatic heterocycles. The van der Waals surface area contributed by atoms with Crippen molar-refractivity contribution in [2.75, 3.05) is 23.9 Å². The van der Waals surface area contributed by atoms with Crippen LogP contribution in [0.2, 0.25) is 0 Å². The molecule has 0 saturated heterocycles. The van der Waals surface area contributed by atoms with Crippen molar-refractivity contribution in [1.82, 2.24) is 4.98 Å². The maximum absolute atomic E-state index is 12.9. The third kappa shape index (κ3) is 4.79. The van der Waals surface area contributed by atoms with Crippen LogP contribution in [0.5, 0.6) is 0 Å². The molecular weight excluding hydrogens is 366 g/mol. The number of amides is 1. The van der Waals surface area contributed by atoms with Crippen molar-refractivity contribution in [3.8, 4) is 0 Å². The summed E-state index contributed by atoms with van der Waals surface area (Å²) in [5.41, 5.74) is 3.73. The summed E-state index contributed by atoms with van der Waals surface area (Å²) >= 11 is 0. The predicted molar refractivity (Wildman–Crippen MR) is 114 cm³/mol. The van der Waals surface area contributed by atoms with Gasteiger partial charge < -0.3 is 15.0 Å². The molecule has 3 rings (SSSR count). The maximum atomic E-state index is 12.9. The predicted octanol–water partition coefficient (Wildman–Crippen LogP) is 4.59. The van der Waals surface area contributed by atoms with E-state index in [9.17, 15) is 9.59 Å². The lowest BCUT2D eigenvalue weighted by Crippen LogP contribution is -2.30. The average molecular weight is 389 g/mol. The molecule has 29 heavy (non-hydrogen) atoms. The number of esters is 1. The Bertz CT molecular complexity index is 999. The number of carbonyl (C=O) groups excluding carboxylic acids is 2. The topological polar surface area (TPSA) is 71.5 Å². The minimum Gasteiger partial charge on any atom is -0.465 e. The summed E-state index contributed by atoms with van der Waals surface area (Å²) in [6.45, 7) is 4.51. The number of aryl methyl sites for hydroxylation is 1. The van der Waals surface area contributed by atoms with Crippen LogP contribution < -0.4 is 10.2 Å². The molecule has 0 fully saturated rings. The number of ether oxygens (including phenoxy) is 1. The molecule has 1 amide bonds. The molecule has 148 valence electrons. The number of benzene rings is 2. The molecule has 0 saturated carbocycles. The summed E-state index contributed by atoms with van der Waals surface area (Å²) < 4.78 is 4.69. The molecule has 0 aliphatic rings. The highest BCUT2D eigenvalue weighted by Crippen LogP contribution is 2.20. The lowest BCUT2D eigenvalue weighted by atomic mass is 10.1. The number of nitrogens with zero attached hydrogens (tertiary/aromatic N) is 2. The Kier molecular flexibility index (Phi) is 6.24. The number of rotatable bonds is 6. The molecule has 0 spiro atoms. The monoisotopic (exact) mass is 389 g/mol. The quantitative estimate of drug-likeness (QED) is 0.625. The number of anilines is 3. The Morgan fingerprint density at radius 2 is 1.76 bits per heavy atom. The highest BCUT2D eigenvalue weighted by Gasteiger charge is 2.16. The van der Waals surface area contributed by atoms with Gasteiger partial charge in [-0.15, -0.1) is 0 Å². The fourth-order valence-electron chi connectivity index (χ4n) is 2.94. The molecule has 0 aliphatic heterocycles. The van der Waals surface area contributed by atoms with Gasteiger partial charge in [0.1, 0.15) is 5.82 Å².